The number of benzene rings is 1. The third-order valence-corrected chi connectivity index (χ3v) is 4.41. The van der Waals surface area contributed by atoms with E-state index in [0.717, 1.165) is 38.4 Å². The summed E-state index contributed by atoms with van der Waals surface area (Å²) in [6.07, 6.45) is 0. The SMILES string of the molecule is CCOC(=O)CN(C(=O)CN1CCN(CC(C)C)CC1)c1ccccc1. The molecule has 0 unspecified atom stereocenters. The zero-order chi connectivity index (χ0) is 18.9. The molecule has 6 nitrogen and oxygen atoms in total. The van der Waals surface area contributed by atoms with Crippen LogP contribution >= 0.6 is 0 Å². The lowest BCUT2D eigenvalue weighted by molar-refractivity contribution is -0.142. The van der Waals surface area contributed by atoms with Gasteiger partial charge in [-0.25, -0.2) is 0 Å². The molecule has 1 amide bonds. The molecule has 1 aliphatic rings. The molecule has 0 bridgehead atoms. The first kappa shape index (κ1) is 20.4. The summed E-state index contributed by atoms with van der Waals surface area (Å²) in [5.41, 5.74) is 0.726. The predicted molar refractivity (Wildman–Crippen MR) is 103 cm³/mol. The maximum atomic E-state index is 12.9. The van der Waals surface area contributed by atoms with Gasteiger partial charge in [0.15, 0.2) is 0 Å². The van der Waals surface area contributed by atoms with Gasteiger partial charge < -0.3 is 14.5 Å². The molecule has 0 spiro atoms. The minimum absolute atomic E-state index is 0.0516. The van der Waals surface area contributed by atoms with Crippen LogP contribution in [-0.2, 0) is 14.3 Å². The smallest absolute Gasteiger partial charge is 0.326 e. The standard InChI is InChI=1S/C20H31N3O3/c1-4-26-20(25)16-23(18-8-6-5-7-9-18)19(24)15-22-12-10-21(11-13-22)14-17(2)3/h5-9,17H,4,10-16H2,1-3H3. The molecule has 0 atom stereocenters. The second-order valence-corrected chi connectivity index (χ2v) is 7.09. The molecule has 0 radical (unpaired) electrons. The van der Waals surface area contributed by atoms with Gasteiger partial charge in [0.1, 0.15) is 6.54 Å². The lowest BCUT2D eigenvalue weighted by Gasteiger charge is -2.36. The van der Waals surface area contributed by atoms with Gasteiger partial charge in [0.2, 0.25) is 5.91 Å². The largest absolute Gasteiger partial charge is 0.465 e. The number of carbonyl (C=O) groups excluding carboxylic acids is 2. The molecule has 144 valence electrons. The predicted octanol–water partition coefficient (Wildman–Crippen LogP) is 1.86. The minimum atomic E-state index is -0.383. The van der Waals surface area contributed by atoms with Crippen molar-refractivity contribution in [2.24, 2.45) is 5.92 Å². The Bertz CT molecular complexity index is 569. The van der Waals surface area contributed by atoms with E-state index in [0.29, 0.717) is 19.1 Å². The van der Waals surface area contributed by atoms with Gasteiger partial charge in [-0.05, 0) is 25.0 Å². The third kappa shape index (κ3) is 6.42. The Morgan fingerprint density at radius 2 is 1.69 bits per heavy atom. The molecule has 0 N–H and O–H groups in total. The van der Waals surface area contributed by atoms with Crippen LogP contribution in [0.25, 0.3) is 0 Å². The van der Waals surface area contributed by atoms with Crippen LogP contribution in [0.2, 0.25) is 0 Å². The number of anilines is 1. The van der Waals surface area contributed by atoms with Gasteiger partial charge in [-0.15, -0.1) is 0 Å². The van der Waals surface area contributed by atoms with E-state index < -0.39 is 0 Å². The Labute approximate surface area is 156 Å². The Kier molecular flexibility index (Phi) is 8.06. The van der Waals surface area contributed by atoms with Gasteiger partial charge in [0, 0.05) is 38.4 Å². The van der Waals surface area contributed by atoms with Crippen LogP contribution in [0, 0.1) is 5.92 Å². The number of esters is 1. The molecule has 1 fully saturated rings. The van der Waals surface area contributed by atoms with E-state index >= 15 is 0 Å². The first-order valence-corrected chi connectivity index (χ1v) is 9.45. The summed E-state index contributed by atoms with van der Waals surface area (Å²) in [6.45, 7) is 11.6. The van der Waals surface area contributed by atoms with E-state index in [1.807, 2.05) is 30.3 Å². The Balaban J connectivity index is 1.95. The fourth-order valence-corrected chi connectivity index (χ4v) is 3.19. The highest BCUT2D eigenvalue weighted by Crippen LogP contribution is 2.15. The summed E-state index contributed by atoms with van der Waals surface area (Å²) in [4.78, 5) is 30.9. The summed E-state index contributed by atoms with van der Waals surface area (Å²) >= 11 is 0. The van der Waals surface area contributed by atoms with Gasteiger partial charge in [-0.3, -0.25) is 14.5 Å². The molecule has 6 heteroatoms. The second kappa shape index (κ2) is 10.3. The molecule has 0 aromatic heterocycles. The van der Waals surface area contributed by atoms with Crippen molar-refractivity contribution in [2.75, 3.05) is 57.3 Å². The Morgan fingerprint density at radius 1 is 1.08 bits per heavy atom. The molecule has 1 heterocycles. The Hall–Kier alpha value is -1.92. The third-order valence-electron chi connectivity index (χ3n) is 4.41. The highest BCUT2D eigenvalue weighted by atomic mass is 16.5. The first-order chi connectivity index (χ1) is 12.5. The number of amides is 1. The zero-order valence-electron chi connectivity index (χ0n) is 16.2. The summed E-state index contributed by atoms with van der Waals surface area (Å²) in [5.74, 6) is 0.203. The molecule has 2 rings (SSSR count). The molecule has 1 saturated heterocycles. The number of carbonyl (C=O) groups is 2. The van der Waals surface area contributed by atoms with E-state index in [1.54, 1.807) is 6.92 Å². The van der Waals surface area contributed by atoms with Crippen molar-refractivity contribution >= 4 is 17.6 Å². The highest BCUT2D eigenvalue weighted by molar-refractivity contribution is 5.98. The van der Waals surface area contributed by atoms with Gasteiger partial charge in [0.05, 0.1) is 13.2 Å². The van der Waals surface area contributed by atoms with Crippen molar-refractivity contribution in [2.45, 2.75) is 20.8 Å². The van der Waals surface area contributed by atoms with Crippen molar-refractivity contribution < 1.29 is 14.3 Å². The van der Waals surface area contributed by atoms with Gasteiger partial charge in [-0.1, -0.05) is 32.0 Å². The number of rotatable bonds is 8. The summed E-state index contributed by atoms with van der Waals surface area (Å²) in [6, 6.07) is 9.32. The normalized spacial score (nSPS) is 15.8. The fourth-order valence-electron chi connectivity index (χ4n) is 3.19. The quantitative estimate of drug-likeness (QED) is 0.662. The number of nitrogens with zero attached hydrogens (tertiary/aromatic N) is 3. The number of hydrogen-bond donors (Lipinski definition) is 0. The summed E-state index contributed by atoms with van der Waals surface area (Å²) < 4.78 is 5.03. The monoisotopic (exact) mass is 361 g/mol. The van der Waals surface area contributed by atoms with Crippen molar-refractivity contribution in [1.82, 2.24) is 9.80 Å². The topological polar surface area (TPSA) is 53.1 Å². The number of ether oxygens (including phenoxy) is 1. The molecule has 0 aliphatic carbocycles. The highest BCUT2D eigenvalue weighted by Gasteiger charge is 2.24. The van der Waals surface area contributed by atoms with E-state index in [9.17, 15) is 9.59 Å². The first-order valence-electron chi connectivity index (χ1n) is 9.45. The summed E-state index contributed by atoms with van der Waals surface area (Å²) in [7, 11) is 0. The van der Waals surface area contributed by atoms with Crippen LogP contribution in [-0.4, -0.2) is 74.1 Å². The van der Waals surface area contributed by atoms with Crippen LogP contribution in [0.4, 0.5) is 5.69 Å². The van der Waals surface area contributed by atoms with Gasteiger partial charge in [-0.2, -0.15) is 0 Å². The molecule has 1 aromatic carbocycles. The van der Waals surface area contributed by atoms with Crippen molar-refractivity contribution in [1.29, 1.82) is 0 Å². The van der Waals surface area contributed by atoms with Crippen LogP contribution in [0.5, 0.6) is 0 Å². The van der Waals surface area contributed by atoms with E-state index in [2.05, 4.69) is 23.6 Å². The molecular formula is C20H31N3O3. The summed E-state index contributed by atoms with van der Waals surface area (Å²) in [5, 5.41) is 0. The van der Waals surface area contributed by atoms with Gasteiger partial charge >= 0.3 is 5.97 Å². The average Bonchev–Trinajstić information content (AvgIpc) is 2.62. The number of piperazine rings is 1. The van der Waals surface area contributed by atoms with Crippen LogP contribution < -0.4 is 4.90 Å². The van der Waals surface area contributed by atoms with Crippen molar-refractivity contribution in [3.63, 3.8) is 0 Å². The lowest BCUT2D eigenvalue weighted by Crippen LogP contribution is -2.51. The van der Waals surface area contributed by atoms with Crippen LogP contribution in [0.3, 0.4) is 0 Å². The molecule has 1 aliphatic heterocycles. The molecule has 0 saturated carbocycles. The zero-order valence-corrected chi connectivity index (χ0v) is 16.2. The molecular weight excluding hydrogens is 330 g/mol. The van der Waals surface area contributed by atoms with E-state index in [-0.39, 0.29) is 18.4 Å². The number of para-hydroxylation sites is 1. The van der Waals surface area contributed by atoms with Crippen LogP contribution in [0.15, 0.2) is 30.3 Å². The minimum Gasteiger partial charge on any atom is -0.465 e. The van der Waals surface area contributed by atoms with Crippen molar-refractivity contribution in [3.05, 3.63) is 30.3 Å². The second-order valence-electron chi connectivity index (χ2n) is 7.09. The fraction of sp³-hybridized carbons (Fsp3) is 0.600. The maximum absolute atomic E-state index is 12.9. The van der Waals surface area contributed by atoms with E-state index in [4.69, 9.17) is 4.74 Å². The average molecular weight is 361 g/mol. The molecule has 26 heavy (non-hydrogen) atoms. The lowest BCUT2D eigenvalue weighted by atomic mass is 10.2. The van der Waals surface area contributed by atoms with Gasteiger partial charge in [0.25, 0.3) is 0 Å². The van der Waals surface area contributed by atoms with Crippen LogP contribution in [0.1, 0.15) is 20.8 Å². The number of hydrogen-bond acceptors (Lipinski definition) is 5. The van der Waals surface area contributed by atoms with Crippen molar-refractivity contribution in [3.8, 4) is 0 Å². The maximum Gasteiger partial charge on any atom is 0.326 e. The Morgan fingerprint density at radius 3 is 2.27 bits per heavy atom. The van der Waals surface area contributed by atoms with E-state index in [1.165, 1.54) is 4.90 Å². The molecule has 1 aromatic rings.